The Morgan fingerprint density at radius 3 is 2.18 bits per heavy atom. The van der Waals surface area contributed by atoms with Crippen molar-refractivity contribution in [2.75, 3.05) is 13.2 Å². The standard InChI is InChI=1S/C22H25N3O3/c1-16(2)21-24-22(28-25-21)27-15-20(26)23-14-13-19(17-9-5-3-6-10-17)18-11-7-4-8-12-18/h3-12,16,19H,13-15H2,1-2H3,(H,23,26). The van der Waals surface area contributed by atoms with Crippen LogP contribution in [-0.2, 0) is 4.79 Å². The van der Waals surface area contributed by atoms with Crippen molar-refractivity contribution in [3.05, 3.63) is 77.6 Å². The molecular formula is C22H25N3O3. The van der Waals surface area contributed by atoms with E-state index in [9.17, 15) is 4.79 Å². The fourth-order valence-electron chi connectivity index (χ4n) is 2.94. The fourth-order valence-corrected chi connectivity index (χ4v) is 2.94. The van der Waals surface area contributed by atoms with Gasteiger partial charge in [-0.25, -0.2) is 0 Å². The lowest BCUT2D eigenvalue weighted by Crippen LogP contribution is -2.30. The van der Waals surface area contributed by atoms with E-state index in [1.54, 1.807) is 0 Å². The fraction of sp³-hybridized carbons (Fsp3) is 0.318. The monoisotopic (exact) mass is 379 g/mol. The lowest BCUT2D eigenvalue weighted by Gasteiger charge is -2.18. The van der Waals surface area contributed by atoms with Crippen molar-refractivity contribution in [2.45, 2.75) is 32.1 Å². The maximum atomic E-state index is 12.1. The third-order valence-electron chi connectivity index (χ3n) is 4.43. The molecule has 6 heteroatoms. The molecule has 28 heavy (non-hydrogen) atoms. The first-order valence-corrected chi connectivity index (χ1v) is 9.46. The van der Waals surface area contributed by atoms with Gasteiger partial charge in [0.25, 0.3) is 5.91 Å². The van der Waals surface area contributed by atoms with Crippen molar-refractivity contribution in [1.82, 2.24) is 15.5 Å². The molecule has 0 saturated heterocycles. The van der Waals surface area contributed by atoms with Gasteiger partial charge >= 0.3 is 6.08 Å². The number of carbonyl (C=O) groups is 1. The number of hydrogen-bond donors (Lipinski definition) is 1. The molecule has 0 aliphatic rings. The number of aromatic nitrogens is 2. The second-order valence-electron chi connectivity index (χ2n) is 6.87. The molecule has 146 valence electrons. The van der Waals surface area contributed by atoms with Crippen LogP contribution in [0.15, 0.2) is 65.2 Å². The van der Waals surface area contributed by atoms with Crippen LogP contribution in [0.4, 0.5) is 0 Å². The highest BCUT2D eigenvalue weighted by molar-refractivity contribution is 5.77. The van der Waals surface area contributed by atoms with Gasteiger partial charge in [-0.3, -0.25) is 9.32 Å². The van der Waals surface area contributed by atoms with Gasteiger partial charge in [0, 0.05) is 18.4 Å². The molecule has 0 unspecified atom stereocenters. The molecule has 6 nitrogen and oxygen atoms in total. The number of benzene rings is 2. The van der Waals surface area contributed by atoms with E-state index < -0.39 is 0 Å². The highest BCUT2D eigenvalue weighted by Gasteiger charge is 2.15. The van der Waals surface area contributed by atoms with Crippen molar-refractivity contribution >= 4 is 5.91 Å². The highest BCUT2D eigenvalue weighted by Crippen LogP contribution is 2.27. The summed E-state index contributed by atoms with van der Waals surface area (Å²) >= 11 is 0. The molecule has 0 aliphatic carbocycles. The Morgan fingerprint density at radius 1 is 1.04 bits per heavy atom. The van der Waals surface area contributed by atoms with E-state index in [0.29, 0.717) is 12.4 Å². The van der Waals surface area contributed by atoms with E-state index >= 15 is 0 Å². The summed E-state index contributed by atoms with van der Waals surface area (Å²) in [7, 11) is 0. The van der Waals surface area contributed by atoms with E-state index in [1.807, 2.05) is 50.2 Å². The zero-order chi connectivity index (χ0) is 19.8. The predicted octanol–water partition coefficient (Wildman–Crippen LogP) is 3.91. The van der Waals surface area contributed by atoms with Gasteiger partial charge in [0.15, 0.2) is 12.4 Å². The zero-order valence-corrected chi connectivity index (χ0v) is 16.2. The Balaban J connectivity index is 1.51. The molecule has 1 aromatic heterocycles. The van der Waals surface area contributed by atoms with Crippen molar-refractivity contribution in [3.63, 3.8) is 0 Å². The Labute approximate surface area is 164 Å². The number of rotatable bonds is 9. The van der Waals surface area contributed by atoms with Gasteiger partial charge in [-0.2, -0.15) is 4.98 Å². The minimum Gasteiger partial charge on any atom is -0.439 e. The molecule has 0 fully saturated rings. The van der Waals surface area contributed by atoms with Crippen LogP contribution in [-0.4, -0.2) is 29.2 Å². The summed E-state index contributed by atoms with van der Waals surface area (Å²) in [5.41, 5.74) is 2.46. The van der Waals surface area contributed by atoms with E-state index in [2.05, 4.69) is 39.7 Å². The Kier molecular flexibility index (Phi) is 6.78. The van der Waals surface area contributed by atoms with Gasteiger partial charge < -0.3 is 10.1 Å². The zero-order valence-electron chi connectivity index (χ0n) is 16.2. The van der Waals surface area contributed by atoms with Gasteiger partial charge in [-0.15, -0.1) is 0 Å². The summed E-state index contributed by atoms with van der Waals surface area (Å²) in [6.07, 6.45) is 0.808. The number of ether oxygens (including phenoxy) is 1. The molecule has 2 aromatic carbocycles. The minimum absolute atomic E-state index is 0.0188. The summed E-state index contributed by atoms with van der Waals surface area (Å²) in [5, 5.41) is 6.70. The number of carbonyl (C=O) groups excluding carboxylic acids is 1. The van der Waals surface area contributed by atoms with Gasteiger partial charge in [-0.05, 0) is 17.5 Å². The number of amides is 1. The Bertz CT molecular complexity index is 824. The van der Waals surface area contributed by atoms with Crippen LogP contribution in [0.25, 0.3) is 0 Å². The highest BCUT2D eigenvalue weighted by atomic mass is 16.6. The Hall–Kier alpha value is -3.15. The third kappa shape index (κ3) is 5.42. The van der Waals surface area contributed by atoms with Crippen molar-refractivity contribution in [1.29, 1.82) is 0 Å². The first kappa shape index (κ1) is 19.6. The number of nitrogens with zero attached hydrogens (tertiary/aromatic N) is 2. The number of nitrogens with one attached hydrogen (secondary N) is 1. The molecule has 1 amide bonds. The van der Waals surface area contributed by atoms with Crippen LogP contribution in [0.3, 0.4) is 0 Å². The van der Waals surface area contributed by atoms with E-state index in [-0.39, 0.29) is 30.4 Å². The summed E-state index contributed by atoms with van der Waals surface area (Å²) < 4.78 is 10.2. The summed E-state index contributed by atoms with van der Waals surface area (Å²) in [6, 6.07) is 20.6. The van der Waals surface area contributed by atoms with Crippen molar-refractivity contribution < 1.29 is 14.1 Å². The maximum absolute atomic E-state index is 12.1. The number of hydrogen-bond acceptors (Lipinski definition) is 5. The molecule has 0 saturated carbocycles. The van der Waals surface area contributed by atoms with Crippen LogP contribution >= 0.6 is 0 Å². The van der Waals surface area contributed by atoms with E-state index in [0.717, 1.165) is 6.42 Å². The van der Waals surface area contributed by atoms with Gasteiger partial charge in [0.1, 0.15) is 0 Å². The molecular weight excluding hydrogens is 354 g/mol. The first-order chi connectivity index (χ1) is 13.6. The predicted molar refractivity (Wildman–Crippen MR) is 106 cm³/mol. The molecule has 3 rings (SSSR count). The smallest absolute Gasteiger partial charge is 0.417 e. The van der Waals surface area contributed by atoms with Crippen LogP contribution in [0, 0.1) is 0 Å². The molecule has 0 aliphatic heterocycles. The molecule has 0 radical (unpaired) electrons. The van der Waals surface area contributed by atoms with Crippen LogP contribution in [0.5, 0.6) is 6.08 Å². The average Bonchev–Trinajstić information content (AvgIpc) is 3.20. The largest absolute Gasteiger partial charge is 0.439 e. The van der Waals surface area contributed by atoms with Crippen molar-refractivity contribution in [2.24, 2.45) is 0 Å². The second kappa shape index (κ2) is 9.69. The van der Waals surface area contributed by atoms with Gasteiger partial charge in [-0.1, -0.05) is 79.7 Å². The van der Waals surface area contributed by atoms with Crippen LogP contribution in [0.2, 0.25) is 0 Å². The topological polar surface area (TPSA) is 77.2 Å². The molecule has 0 bridgehead atoms. The normalized spacial score (nSPS) is 11.0. The molecule has 0 spiro atoms. The van der Waals surface area contributed by atoms with Gasteiger partial charge in [0.2, 0.25) is 0 Å². The van der Waals surface area contributed by atoms with Crippen LogP contribution < -0.4 is 10.1 Å². The molecule has 0 atom stereocenters. The quantitative estimate of drug-likeness (QED) is 0.610. The minimum atomic E-state index is -0.218. The van der Waals surface area contributed by atoms with E-state index in [1.165, 1.54) is 11.1 Å². The first-order valence-electron chi connectivity index (χ1n) is 9.46. The second-order valence-corrected chi connectivity index (χ2v) is 6.87. The molecule has 3 aromatic rings. The van der Waals surface area contributed by atoms with Gasteiger partial charge in [0.05, 0.1) is 0 Å². The summed E-state index contributed by atoms with van der Waals surface area (Å²) in [6.45, 7) is 4.30. The van der Waals surface area contributed by atoms with Crippen molar-refractivity contribution in [3.8, 4) is 6.08 Å². The lowest BCUT2D eigenvalue weighted by atomic mass is 9.88. The van der Waals surface area contributed by atoms with Crippen LogP contribution in [0.1, 0.15) is 49.1 Å². The summed E-state index contributed by atoms with van der Waals surface area (Å²) in [5.74, 6) is 0.698. The molecule has 1 heterocycles. The average molecular weight is 379 g/mol. The Morgan fingerprint density at radius 2 is 1.64 bits per heavy atom. The third-order valence-corrected chi connectivity index (χ3v) is 4.43. The SMILES string of the molecule is CC(C)c1noc(OCC(=O)NCCC(c2ccccc2)c2ccccc2)n1. The van der Waals surface area contributed by atoms with E-state index in [4.69, 9.17) is 9.26 Å². The lowest BCUT2D eigenvalue weighted by molar-refractivity contribution is -0.123. The summed E-state index contributed by atoms with van der Waals surface area (Å²) in [4.78, 5) is 16.2. The molecule has 1 N–H and O–H groups in total. The maximum Gasteiger partial charge on any atom is 0.417 e.